The van der Waals surface area contributed by atoms with Crippen LogP contribution in [0.2, 0.25) is 0 Å². The summed E-state index contributed by atoms with van der Waals surface area (Å²) >= 11 is 0. The fraction of sp³-hybridized carbons (Fsp3) is 0.526. The third-order valence-corrected chi connectivity index (χ3v) is 5.28. The predicted molar refractivity (Wildman–Crippen MR) is 94.7 cm³/mol. The highest BCUT2D eigenvalue weighted by Crippen LogP contribution is 2.26. The summed E-state index contributed by atoms with van der Waals surface area (Å²) in [6.45, 7) is 6.92. The number of ether oxygens (including phenoxy) is 1. The van der Waals surface area contributed by atoms with Crippen LogP contribution in [-0.4, -0.2) is 47.7 Å². The molecule has 1 fully saturated rings. The second kappa shape index (κ2) is 6.48. The molecule has 0 aliphatic carbocycles. The zero-order valence-corrected chi connectivity index (χ0v) is 14.3. The van der Waals surface area contributed by atoms with Crippen molar-refractivity contribution in [2.45, 2.75) is 38.8 Å². The number of rotatable bonds is 5. The van der Waals surface area contributed by atoms with Gasteiger partial charge in [0.15, 0.2) is 0 Å². The normalized spacial score (nSPS) is 21.0. The van der Waals surface area contributed by atoms with Gasteiger partial charge in [-0.1, -0.05) is 0 Å². The summed E-state index contributed by atoms with van der Waals surface area (Å²) in [6.07, 6.45) is 3.70. The standard InChI is InChI=1S/C19H25N3O2/c1-14-4-2-8-21(14)9-3-11-24-16-5-6-17-15(12-16)13-18-19(23)20-7-10-22(17)18/h5-6,12-14H,2-4,7-11H2,1H3,(H,20,23)/t14-/m0/s1. The van der Waals surface area contributed by atoms with Gasteiger partial charge in [0.1, 0.15) is 11.4 Å². The van der Waals surface area contributed by atoms with Crippen LogP contribution in [0.4, 0.5) is 0 Å². The number of nitrogens with zero attached hydrogens (tertiary/aromatic N) is 2. The van der Waals surface area contributed by atoms with Crippen molar-refractivity contribution >= 4 is 16.8 Å². The highest BCUT2D eigenvalue weighted by molar-refractivity contribution is 5.99. The van der Waals surface area contributed by atoms with E-state index >= 15 is 0 Å². The maximum Gasteiger partial charge on any atom is 0.268 e. The molecule has 5 heteroatoms. The van der Waals surface area contributed by atoms with Gasteiger partial charge in [-0.2, -0.15) is 0 Å². The number of hydrogen-bond donors (Lipinski definition) is 1. The SMILES string of the molecule is C[C@H]1CCCN1CCCOc1ccc2c(c1)cc1n2CCNC1=O. The highest BCUT2D eigenvalue weighted by Gasteiger charge is 2.20. The molecule has 2 aliphatic heterocycles. The number of carbonyl (C=O) groups excluding carboxylic acids is 1. The van der Waals surface area contributed by atoms with Gasteiger partial charge in [-0.25, -0.2) is 0 Å². The number of likely N-dealkylation sites (tertiary alicyclic amines) is 1. The molecule has 1 atom stereocenters. The first-order chi connectivity index (χ1) is 11.7. The molecule has 3 heterocycles. The van der Waals surface area contributed by atoms with Crippen LogP contribution >= 0.6 is 0 Å². The van der Waals surface area contributed by atoms with Crippen molar-refractivity contribution in [3.8, 4) is 5.75 Å². The number of benzene rings is 1. The van der Waals surface area contributed by atoms with Gasteiger partial charge in [0.2, 0.25) is 0 Å². The summed E-state index contributed by atoms with van der Waals surface area (Å²) in [5.41, 5.74) is 1.86. The van der Waals surface area contributed by atoms with E-state index in [-0.39, 0.29) is 5.91 Å². The Morgan fingerprint density at radius 3 is 3.04 bits per heavy atom. The second-order valence-electron chi connectivity index (χ2n) is 6.89. The summed E-state index contributed by atoms with van der Waals surface area (Å²) < 4.78 is 8.02. The van der Waals surface area contributed by atoms with Gasteiger partial charge in [-0.15, -0.1) is 0 Å². The van der Waals surface area contributed by atoms with Crippen molar-refractivity contribution in [2.24, 2.45) is 0 Å². The van der Waals surface area contributed by atoms with Crippen molar-refractivity contribution in [1.82, 2.24) is 14.8 Å². The summed E-state index contributed by atoms with van der Waals surface area (Å²) in [5, 5.41) is 3.97. The number of hydrogen-bond acceptors (Lipinski definition) is 3. The Labute approximate surface area is 142 Å². The zero-order valence-electron chi connectivity index (χ0n) is 14.3. The molecule has 0 saturated carbocycles. The maximum atomic E-state index is 11.9. The van der Waals surface area contributed by atoms with Gasteiger partial charge in [-0.3, -0.25) is 4.79 Å². The van der Waals surface area contributed by atoms with Crippen molar-refractivity contribution in [1.29, 1.82) is 0 Å². The number of amides is 1. The first kappa shape index (κ1) is 15.5. The Bertz CT molecular complexity index is 752. The molecule has 0 unspecified atom stereocenters. The topological polar surface area (TPSA) is 46.5 Å². The van der Waals surface area contributed by atoms with Crippen molar-refractivity contribution in [2.75, 3.05) is 26.2 Å². The lowest BCUT2D eigenvalue weighted by molar-refractivity contribution is 0.0929. The van der Waals surface area contributed by atoms with E-state index in [2.05, 4.69) is 27.8 Å². The molecular weight excluding hydrogens is 302 g/mol. The molecule has 1 N–H and O–H groups in total. The molecule has 1 amide bonds. The molecule has 2 aliphatic rings. The smallest absolute Gasteiger partial charge is 0.268 e. The van der Waals surface area contributed by atoms with Gasteiger partial charge in [0.05, 0.1) is 6.61 Å². The van der Waals surface area contributed by atoms with Crippen LogP contribution < -0.4 is 10.1 Å². The molecule has 4 rings (SSSR count). The van der Waals surface area contributed by atoms with Crippen molar-refractivity contribution < 1.29 is 9.53 Å². The van der Waals surface area contributed by atoms with Crippen LogP contribution in [0, 0.1) is 0 Å². The number of aromatic nitrogens is 1. The summed E-state index contributed by atoms with van der Waals surface area (Å²) in [7, 11) is 0. The Balaban J connectivity index is 1.39. The predicted octanol–water partition coefficient (Wildman–Crippen LogP) is 2.64. The minimum Gasteiger partial charge on any atom is -0.494 e. The van der Waals surface area contributed by atoms with Crippen molar-refractivity contribution in [3.63, 3.8) is 0 Å². The molecule has 0 radical (unpaired) electrons. The molecule has 128 valence electrons. The molecule has 24 heavy (non-hydrogen) atoms. The van der Waals surface area contributed by atoms with Crippen LogP contribution in [0.3, 0.4) is 0 Å². The number of carbonyl (C=O) groups is 1. The first-order valence-electron chi connectivity index (χ1n) is 9.01. The Morgan fingerprint density at radius 2 is 2.21 bits per heavy atom. The number of fused-ring (bicyclic) bond motifs is 3. The lowest BCUT2D eigenvalue weighted by atomic mass is 10.2. The van der Waals surface area contributed by atoms with E-state index in [1.807, 2.05) is 18.2 Å². The van der Waals surface area contributed by atoms with Crippen molar-refractivity contribution in [3.05, 3.63) is 30.0 Å². The summed E-state index contributed by atoms with van der Waals surface area (Å²) in [4.78, 5) is 14.5. The van der Waals surface area contributed by atoms with E-state index in [0.717, 1.165) is 54.5 Å². The van der Waals surface area contributed by atoms with Gasteiger partial charge < -0.3 is 19.5 Å². The quantitative estimate of drug-likeness (QED) is 0.859. The Morgan fingerprint density at radius 1 is 1.29 bits per heavy atom. The third-order valence-electron chi connectivity index (χ3n) is 5.28. The molecule has 5 nitrogen and oxygen atoms in total. The zero-order chi connectivity index (χ0) is 16.5. The van der Waals surface area contributed by atoms with E-state index in [0.29, 0.717) is 6.54 Å². The molecule has 0 bridgehead atoms. The van der Waals surface area contributed by atoms with Crippen LogP contribution in [0.1, 0.15) is 36.7 Å². The largest absolute Gasteiger partial charge is 0.494 e. The monoisotopic (exact) mass is 327 g/mol. The van der Waals surface area contributed by atoms with E-state index in [4.69, 9.17) is 4.74 Å². The van der Waals surface area contributed by atoms with Gasteiger partial charge >= 0.3 is 0 Å². The fourth-order valence-corrected chi connectivity index (χ4v) is 3.92. The molecular formula is C19H25N3O2. The molecule has 1 aromatic carbocycles. The fourth-order valence-electron chi connectivity index (χ4n) is 3.92. The number of nitrogens with one attached hydrogen (secondary N) is 1. The minimum absolute atomic E-state index is 0.0136. The molecule has 1 saturated heterocycles. The average molecular weight is 327 g/mol. The van der Waals surface area contributed by atoms with E-state index in [1.165, 1.54) is 19.4 Å². The van der Waals surface area contributed by atoms with Gasteiger partial charge in [0, 0.05) is 36.6 Å². The molecule has 0 spiro atoms. The van der Waals surface area contributed by atoms with E-state index < -0.39 is 0 Å². The molecule has 1 aromatic heterocycles. The first-order valence-corrected chi connectivity index (χ1v) is 9.01. The lowest BCUT2D eigenvalue weighted by Crippen LogP contribution is -2.34. The Hall–Kier alpha value is -2.01. The highest BCUT2D eigenvalue weighted by atomic mass is 16.5. The van der Waals surface area contributed by atoms with E-state index in [9.17, 15) is 4.79 Å². The summed E-state index contributed by atoms with van der Waals surface area (Å²) in [6, 6.07) is 8.81. The lowest BCUT2D eigenvalue weighted by Gasteiger charge is -2.20. The van der Waals surface area contributed by atoms with Crippen LogP contribution in [0.15, 0.2) is 24.3 Å². The maximum absolute atomic E-state index is 11.9. The van der Waals surface area contributed by atoms with Crippen LogP contribution in [0.5, 0.6) is 5.75 Å². The van der Waals surface area contributed by atoms with Gasteiger partial charge in [0.25, 0.3) is 5.91 Å². The Kier molecular flexibility index (Phi) is 4.19. The second-order valence-corrected chi connectivity index (χ2v) is 6.89. The third kappa shape index (κ3) is 2.88. The van der Waals surface area contributed by atoms with Crippen LogP contribution in [0.25, 0.3) is 10.9 Å². The van der Waals surface area contributed by atoms with Gasteiger partial charge in [-0.05, 0) is 57.0 Å². The average Bonchev–Trinajstić information content (AvgIpc) is 3.16. The summed E-state index contributed by atoms with van der Waals surface area (Å²) in [5.74, 6) is 0.903. The van der Waals surface area contributed by atoms with Crippen LogP contribution in [-0.2, 0) is 6.54 Å². The van der Waals surface area contributed by atoms with E-state index in [1.54, 1.807) is 0 Å². The minimum atomic E-state index is 0.0136. The molecule has 2 aromatic rings.